The molecule has 0 aliphatic heterocycles. The van der Waals surface area contributed by atoms with E-state index in [0.29, 0.717) is 6.07 Å². The zero-order valence-electron chi connectivity index (χ0n) is 11.4. The zero-order valence-corrected chi connectivity index (χ0v) is 13.1. The van der Waals surface area contributed by atoms with E-state index in [-0.39, 0.29) is 23.8 Å². The summed E-state index contributed by atoms with van der Waals surface area (Å²) in [5.74, 6) is -2.26. The monoisotopic (exact) mass is 340 g/mol. The van der Waals surface area contributed by atoms with Crippen LogP contribution in [0.15, 0.2) is 23.1 Å². The summed E-state index contributed by atoms with van der Waals surface area (Å²) in [5.41, 5.74) is 5.59. The van der Waals surface area contributed by atoms with Gasteiger partial charge in [-0.2, -0.15) is 0 Å². The van der Waals surface area contributed by atoms with Crippen molar-refractivity contribution in [1.29, 1.82) is 0 Å². The zero-order chi connectivity index (χ0) is 14.8. The standard InChI is InChI=1S/C13H18F2N2O2S.ClH/c14-11-5-4-10(8-12(11)15)20(18,19)17-9-13(16)6-2-1-3-7-13;/h4-5,8,17H,1-3,6-7,9,16H2;1H. The Balaban J connectivity index is 0.00000220. The molecule has 1 saturated carbocycles. The van der Waals surface area contributed by atoms with Gasteiger partial charge in [0.2, 0.25) is 10.0 Å². The van der Waals surface area contributed by atoms with Crippen molar-refractivity contribution in [3.63, 3.8) is 0 Å². The van der Waals surface area contributed by atoms with Crippen molar-refractivity contribution < 1.29 is 17.2 Å². The summed E-state index contributed by atoms with van der Waals surface area (Å²) in [6, 6.07) is 2.50. The van der Waals surface area contributed by atoms with E-state index in [9.17, 15) is 17.2 Å². The number of nitrogens with two attached hydrogens (primary N) is 1. The van der Waals surface area contributed by atoms with Gasteiger partial charge in [-0.3, -0.25) is 0 Å². The maximum absolute atomic E-state index is 13.1. The third kappa shape index (κ3) is 4.60. The van der Waals surface area contributed by atoms with Crippen molar-refractivity contribution in [3.05, 3.63) is 29.8 Å². The quantitative estimate of drug-likeness (QED) is 0.883. The van der Waals surface area contributed by atoms with Gasteiger partial charge in [-0.05, 0) is 31.0 Å². The molecule has 0 spiro atoms. The van der Waals surface area contributed by atoms with E-state index in [1.807, 2.05) is 0 Å². The van der Waals surface area contributed by atoms with E-state index in [2.05, 4.69) is 4.72 Å². The fraction of sp³-hybridized carbons (Fsp3) is 0.538. The average molecular weight is 341 g/mol. The Morgan fingerprint density at radius 1 is 1.14 bits per heavy atom. The maximum Gasteiger partial charge on any atom is 0.240 e. The van der Waals surface area contributed by atoms with Gasteiger partial charge in [0.25, 0.3) is 0 Å². The minimum Gasteiger partial charge on any atom is -0.324 e. The minimum atomic E-state index is -3.87. The number of hydrogen-bond donors (Lipinski definition) is 2. The molecule has 2 rings (SSSR count). The Morgan fingerprint density at radius 3 is 2.33 bits per heavy atom. The van der Waals surface area contributed by atoms with E-state index in [1.54, 1.807) is 0 Å². The lowest BCUT2D eigenvalue weighted by Crippen LogP contribution is -2.51. The van der Waals surface area contributed by atoms with E-state index in [4.69, 9.17) is 5.73 Å². The molecule has 0 unspecified atom stereocenters. The molecule has 8 heteroatoms. The predicted molar refractivity (Wildman–Crippen MR) is 78.8 cm³/mol. The van der Waals surface area contributed by atoms with E-state index >= 15 is 0 Å². The maximum atomic E-state index is 13.1. The molecule has 21 heavy (non-hydrogen) atoms. The second-order valence-electron chi connectivity index (χ2n) is 5.32. The molecule has 0 bridgehead atoms. The lowest BCUT2D eigenvalue weighted by molar-refractivity contribution is 0.296. The normalized spacial score (nSPS) is 18.0. The molecule has 0 saturated heterocycles. The van der Waals surface area contributed by atoms with Crippen LogP contribution in [0.25, 0.3) is 0 Å². The van der Waals surface area contributed by atoms with Crippen LogP contribution in [0.5, 0.6) is 0 Å². The number of nitrogens with one attached hydrogen (secondary N) is 1. The summed E-state index contributed by atoms with van der Waals surface area (Å²) < 4.78 is 52.3. The summed E-state index contributed by atoms with van der Waals surface area (Å²) in [5, 5.41) is 0. The van der Waals surface area contributed by atoms with Crippen LogP contribution in [0.1, 0.15) is 32.1 Å². The number of halogens is 3. The first kappa shape index (κ1) is 18.3. The molecule has 1 aliphatic carbocycles. The third-order valence-electron chi connectivity index (χ3n) is 3.66. The topological polar surface area (TPSA) is 72.2 Å². The second-order valence-corrected chi connectivity index (χ2v) is 7.09. The molecule has 0 aromatic heterocycles. The molecule has 4 nitrogen and oxygen atoms in total. The van der Waals surface area contributed by atoms with Crippen LogP contribution in [0, 0.1) is 11.6 Å². The van der Waals surface area contributed by atoms with Crippen LogP contribution in [-0.4, -0.2) is 20.5 Å². The first-order valence-electron chi connectivity index (χ1n) is 6.56. The van der Waals surface area contributed by atoms with Gasteiger partial charge in [0.15, 0.2) is 11.6 Å². The van der Waals surface area contributed by atoms with Gasteiger partial charge in [0, 0.05) is 12.1 Å². The fourth-order valence-electron chi connectivity index (χ4n) is 2.40. The molecule has 0 atom stereocenters. The number of rotatable bonds is 4. The Bertz CT molecular complexity index is 590. The molecule has 1 aromatic carbocycles. The highest BCUT2D eigenvalue weighted by Gasteiger charge is 2.29. The van der Waals surface area contributed by atoms with Crippen molar-refractivity contribution in [2.45, 2.75) is 42.5 Å². The Kier molecular flexibility index (Phi) is 6.10. The lowest BCUT2D eigenvalue weighted by atomic mass is 9.83. The summed E-state index contributed by atoms with van der Waals surface area (Å²) in [6.45, 7) is 0.105. The molecule has 120 valence electrons. The third-order valence-corrected chi connectivity index (χ3v) is 5.06. The predicted octanol–water partition coefficient (Wildman–Crippen LogP) is 2.33. The highest BCUT2D eigenvalue weighted by Crippen LogP contribution is 2.25. The van der Waals surface area contributed by atoms with E-state index in [0.717, 1.165) is 44.2 Å². The number of hydrogen-bond acceptors (Lipinski definition) is 3. The van der Waals surface area contributed by atoms with Crippen LogP contribution in [0.3, 0.4) is 0 Å². The lowest BCUT2D eigenvalue weighted by Gasteiger charge is -2.33. The summed E-state index contributed by atoms with van der Waals surface area (Å²) in [4.78, 5) is -0.296. The molecule has 1 aliphatic rings. The van der Waals surface area contributed by atoms with Crippen molar-refractivity contribution in [2.24, 2.45) is 5.73 Å². The second kappa shape index (κ2) is 7.00. The first-order valence-corrected chi connectivity index (χ1v) is 8.04. The van der Waals surface area contributed by atoms with Crippen molar-refractivity contribution in [1.82, 2.24) is 4.72 Å². The molecule has 3 N–H and O–H groups in total. The van der Waals surface area contributed by atoms with Gasteiger partial charge in [0.1, 0.15) is 0 Å². The van der Waals surface area contributed by atoms with Crippen LogP contribution in [0.4, 0.5) is 8.78 Å². The van der Waals surface area contributed by atoms with Crippen LogP contribution in [-0.2, 0) is 10.0 Å². The highest BCUT2D eigenvalue weighted by molar-refractivity contribution is 7.89. The molecular formula is C13H19ClF2N2O2S. The van der Waals surface area contributed by atoms with Gasteiger partial charge < -0.3 is 5.73 Å². The SMILES string of the molecule is Cl.NC1(CNS(=O)(=O)c2ccc(F)c(F)c2)CCCCC1. The first-order chi connectivity index (χ1) is 9.32. The molecule has 0 amide bonds. The average Bonchev–Trinajstić information content (AvgIpc) is 2.41. The number of sulfonamides is 1. The molecule has 1 aromatic rings. The van der Waals surface area contributed by atoms with Gasteiger partial charge >= 0.3 is 0 Å². The van der Waals surface area contributed by atoms with Gasteiger partial charge in [0.05, 0.1) is 4.90 Å². The Labute approximate surface area is 129 Å². The van der Waals surface area contributed by atoms with Crippen LogP contribution < -0.4 is 10.5 Å². The van der Waals surface area contributed by atoms with E-state index < -0.39 is 27.2 Å². The van der Waals surface area contributed by atoms with Gasteiger partial charge in [-0.25, -0.2) is 21.9 Å². The van der Waals surface area contributed by atoms with Crippen molar-refractivity contribution in [3.8, 4) is 0 Å². The molecule has 0 heterocycles. The fourth-order valence-corrected chi connectivity index (χ4v) is 3.55. The largest absolute Gasteiger partial charge is 0.324 e. The molecular weight excluding hydrogens is 322 g/mol. The Hall–Kier alpha value is -0.760. The number of benzene rings is 1. The summed E-state index contributed by atoms with van der Waals surface area (Å²) >= 11 is 0. The molecule has 1 fully saturated rings. The summed E-state index contributed by atoms with van der Waals surface area (Å²) in [6.07, 6.45) is 4.57. The van der Waals surface area contributed by atoms with Crippen LogP contribution >= 0.6 is 12.4 Å². The van der Waals surface area contributed by atoms with E-state index in [1.165, 1.54) is 0 Å². The Morgan fingerprint density at radius 2 is 1.76 bits per heavy atom. The highest BCUT2D eigenvalue weighted by atomic mass is 35.5. The van der Waals surface area contributed by atoms with Crippen molar-refractivity contribution in [2.75, 3.05) is 6.54 Å². The van der Waals surface area contributed by atoms with Crippen molar-refractivity contribution >= 4 is 22.4 Å². The summed E-state index contributed by atoms with van der Waals surface area (Å²) in [7, 11) is -3.87. The smallest absolute Gasteiger partial charge is 0.240 e. The molecule has 0 radical (unpaired) electrons. The van der Waals surface area contributed by atoms with Gasteiger partial charge in [-0.1, -0.05) is 19.3 Å². The van der Waals surface area contributed by atoms with Crippen LogP contribution in [0.2, 0.25) is 0 Å². The van der Waals surface area contributed by atoms with Gasteiger partial charge in [-0.15, -0.1) is 12.4 Å². The minimum absolute atomic E-state index is 0.